The highest BCUT2D eigenvalue weighted by atomic mass is 16.5. The minimum atomic E-state index is 0.343. The normalized spacial score (nSPS) is 17.6. The molecule has 0 heterocycles. The summed E-state index contributed by atoms with van der Waals surface area (Å²) in [7, 11) is 1.72. The van der Waals surface area contributed by atoms with E-state index in [9.17, 15) is 0 Å². The van der Waals surface area contributed by atoms with Gasteiger partial charge < -0.3 is 14.8 Å². The van der Waals surface area contributed by atoms with Crippen molar-refractivity contribution in [2.75, 3.05) is 20.3 Å². The van der Waals surface area contributed by atoms with Crippen LogP contribution in [0.5, 0.6) is 5.75 Å². The monoisotopic (exact) mass is 263 g/mol. The summed E-state index contributed by atoms with van der Waals surface area (Å²) in [5, 5.41) is 3.43. The fourth-order valence-corrected chi connectivity index (χ4v) is 2.53. The van der Waals surface area contributed by atoms with E-state index in [2.05, 4.69) is 36.5 Å². The average molecular weight is 263 g/mol. The summed E-state index contributed by atoms with van der Waals surface area (Å²) >= 11 is 0. The van der Waals surface area contributed by atoms with Gasteiger partial charge >= 0.3 is 0 Å². The summed E-state index contributed by atoms with van der Waals surface area (Å²) in [6, 6.07) is 8.81. The molecule has 0 radical (unpaired) electrons. The molecule has 0 aliphatic heterocycles. The number of methoxy groups -OCH3 is 1. The Bertz CT molecular complexity index is 358. The van der Waals surface area contributed by atoms with Crippen molar-refractivity contribution in [1.82, 2.24) is 5.32 Å². The van der Waals surface area contributed by atoms with Gasteiger partial charge in [0.25, 0.3) is 0 Å². The number of benzene rings is 1. The molecule has 0 spiro atoms. The van der Waals surface area contributed by atoms with Crippen LogP contribution in [0.25, 0.3) is 0 Å². The Kier molecular flexibility index (Phi) is 5.67. The number of hydrogen-bond donors (Lipinski definition) is 1. The van der Waals surface area contributed by atoms with Crippen LogP contribution in [0.4, 0.5) is 0 Å². The lowest BCUT2D eigenvalue weighted by Crippen LogP contribution is -2.22. The van der Waals surface area contributed by atoms with Gasteiger partial charge in [0.2, 0.25) is 0 Å². The van der Waals surface area contributed by atoms with E-state index in [1.165, 1.54) is 31.2 Å². The fraction of sp³-hybridized carbons (Fsp3) is 0.625. The zero-order valence-electron chi connectivity index (χ0n) is 12.0. The topological polar surface area (TPSA) is 30.5 Å². The van der Waals surface area contributed by atoms with Crippen molar-refractivity contribution in [3.8, 4) is 5.75 Å². The lowest BCUT2D eigenvalue weighted by atomic mass is 10.1. The molecular formula is C16H25NO2. The van der Waals surface area contributed by atoms with Crippen molar-refractivity contribution < 1.29 is 9.47 Å². The molecule has 19 heavy (non-hydrogen) atoms. The summed E-state index contributed by atoms with van der Waals surface area (Å²) in [5.41, 5.74) is 1.29. The van der Waals surface area contributed by atoms with Gasteiger partial charge in [-0.1, -0.05) is 12.1 Å². The first-order valence-electron chi connectivity index (χ1n) is 7.28. The summed E-state index contributed by atoms with van der Waals surface area (Å²) in [4.78, 5) is 0. The lowest BCUT2D eigenvalue weighted by Gasteiger charge is -2.16. The Balaban J connectivity index is 1.82. The molecule has 1 aromatic rings. The van der Waals surface area contributed by atoms with Crippen LogP contribution < -0.4 is 10.1 Å². The van der Waals surface area contributed by atoms with Gasteiger partial charge in [0.15, 0.2) is 0 Å². The number of rotatable bonds is 7. The third-order valence-corrected chi connectivity index (χ3v) is 3.74. The maximum Gasteiger partial charge on any atom is 0.119 e. The van der Waals surface area contributed by atoms with Crippen LogP contribution in [0.1, 0.15) is 44.2 Å². The number of hydrogen-bond acceptors (Lipinski definition) is 3. The molecular weight excluding hydrogens is 238 g/mol. The highest BCUT2D eigenvalue weighted by molar-refractivity contribution is 5.29. The highest BCUT2D eigenvalue weighted by Gasteiger charge is 2.16. The fourth-order valence-electron chi connectivity index (χ4n) is 2.53. The SMILES string of the molecule is COCCN[C@H](C)c1ccc(OC2CCCC2)cc1. The van der Waals surface area contributed by atoms with Crippen LogP contribution in [0.3, 0.4) is 0 Å². The average Bonchev–Trinajstić information content (AvgIpc) is 2.93. The molecule has 1 atom stereocenters. The largest absolute Gasteiger partial charge is 0.490 e. The van der Waals surface area contributed by atoms with E-state index in [0.717, 1.165) is 18.9 Å². The first kappa shape index (κ1) is 14.4. The second-order valence-corrected chi connectivity index (χ2v) is 5.26. The van der Waals surface area contributed by atoms with Crippen LogP contribution in [-0.2, 0) is 4.74 Å². The minimum Gasteiger partial charge on any atom is -0.490 e. The Morgan fingerprint density at radius 1 is 1.21 bits per heavy atom. The van der Waals surface area contributed by atoms with E-state index in [4.69, 9.17) is 9.47 Å². The van der Waals surface area contributed by atoms with Crippen molar-refractivity contribution in [1.29, 1.82) is 0 Å². The van der Waals surface area contributed by atoms with E-state index >= 15 is 0 Å². The van der Waals surface area contributed by atoms with Crippen molar-refractivity contribution >= 4 is 0 Å². The smallest absolute Gasteiger partial charge is 0.119 e. The zero-order valence-corrected chi connectivity index (χ0v) is 12.0. The summed E-state index contributed by atoms with van der Waals surface area (Å²) in [6.07, 6.45) is 5.46. The highest BCUT2D eigenvalue weighted by Crippen LogP contribution is 2.25. The first-order valence-corrected chi connectivity index (χ1v) is 7.28. The van der Waals surface area contributed by atoms with Crippen molar-refractivity contribution in [2.45, 2.75) is 44.8 Å². The Hall–Kier alpha value is -1.06. The van der Waals surface area contributed by atoms with E-state index in [0.29, 0.717) is 12.1 Å². The molecule has 1 aliphatic carbocycles. The third kappa shape index (κ3) is 4.51. The van der Waals surface area contributed by atoms with Gasteiger partial charge in [0.05, 0.1) is 12.7 Å². The molecule has 1 N–H and O–H groups in total. The molecule has 1 aliphatic rings. The lowest BCUT2D eigenvalue weighted by molar-refractivity contribution is 0.196. The Morgan fingerprint density at radius 2 is 1.89 bits per heavy atom. The van der Waals surface area contributed by atoms with E-state index in [1.807, 2.05) is 0 Å². The molecule has 3 heteroatoms. The predicted octanol–water partition coefficient (Wildman–Crippen LogP) is 3.31. The first-order chi connectivity index (χ1) is 9.29. The molecule has 0 saturated heterocycles. The van der Waals surface area contributed by atoms with Crippen LogP contribution >= 0.6 is 0 Å². The van der Waals surface area contributed by atoms with Crippen molar-refractivity contribution in [3.63, 3.8) is 0 Å². The van der Waals surface area contributed by atoms with E-state index in [-0.39, 0.29) is 0 Å². The summed E-state index contributed by atoms with van der Waals surface area (Å²) < 4.78 is 11.0. The molecule has 3 nitrogen and oxygen atoms in total. The standard InChI is InChI=1S/C16H25NO2/c1-13(17-11-12-18-2)14-7-9-16(10-8-14)19-15-5-3-4-6-15/h7-10,13,15,17H,3-6,11-12H2,1-2H3/t13-/m1/s1. The number of ether oxygens (including phenoxy) is 2. The summed E-state index contributed by atoms with van der Waals surface area (Å²) in [6.45, 7) is 3.79. The van der Waals surface area contributed by atoms with E-state index in [1.54, 1.807) is 7.11 Å². The zero-order chi connectivity index (χ0) is 13.5. The van der Waals surface area contributed by atoms with Gasteiger partial charge in [0, 0.05) is 19.7 Å². The Morgan fingerprint density at radius 3 is 2.53 bits per heavy atom. The number of nitrogens with one attached hydrogen (secondary N) is 1. The molecule has 0 unspecified atom stereocenters. The van der Waals surface area contributed by atoms with Crippen molar-refractivity contribution in [2.24, 2.45) is 0 Å². The Labute approximate surface area is 116 Å². The quantitative estimate of drug-likeness (QED) is 0.766. The van der Waals surface area contributed by atoms with Gasteiger partial charge in [-0.15, -0.1) is 0 Å². The molecule has 1 fully saturated rings. The minimum absolute atomic E-state index is 0.343. The van der Waals surface area contributed by atoms with Gasteiger partial charge in [-0.05, 0) is 50.3 Å². The molecule has 1 saturated carbocycles. The summed E-state index contributed by atoms with van der Waals surface area (Å²) in [5.74, 6) is 1.000. The molecule has 106 valence electrons. The van der Waals surface area contributed by atoms with Gasteiger partial charge in [-0.2, -0.15) is 0 Å². The molecule has 2 rings (SSSR count). The third-order valence-electron chi connectivity index (χ3n) is 3.74. The van der Waals surface area contributed by atoms with Gasteiger partial charge in [0.1, 0.15) is 5.75 Å². The molecule has 0 bridgehead atoms. The van der Waals surface area contributed by atoms with Crippen molar-refractivity contribution in [3.05, 3.63) is 29.8 Å². The molecule has 0 amide bonds. The van der Waals surface area contributed by atoms with Crippen LogP contribution in [-0.4, -0.2) is 26.4 Å². The van der Waals surface area contributed by atoms with Crippen LogP contribution in [0.2, 0.25) is 0 Å². The maximum absolute atomic E-state index is 5.97. The maximum atomic E-state index is 5.97. The van der Waals surface area contributed by atoms with Gasteiger partial charge in [-0.3, -0.25) is 0 Å². The van der Waals surface area contributed by atoms with Crippen LogP contribution in [0, 0.1) is 0 Å². The molecule has 1 aromatic carbocycles. The second-order valence-electron chi connectivity index (χ2n) is 5.26. The van der Waals surface area contributed by atoms with Gasteiger partial charge in [-0.25, -0.2) is 0 Å². The molecule has 0 aromatic heterocycles. The van der Waals surface area contributed by atoms with Crippen LogP contribution in [0.15, 0.2) is 24.3 Å². The second kappa shape index (κ2) is 7.51. The van der Waals surface area contributed by atoms with E-state index < -0.39 is 0 Å². The predicted molar refractivity (Wildman–Crippen MR) is 77.6 cm³/mol.